The van der Waals surface area contributed by atoms with Crippen LogP contribution in [0.3, 0.4) is 0 Å². The van der Waals surface area contributed by atoms with Gasteiger partial charge in [-0.25, -0.2) is 13.8 Å². The molecular weight excluding hydrogens is 535 g/mol. The van der Waals surface area contributed by atoms with E-state index in [2.05, 4.69) is 10.1 Å². The van der Waals surface area contributed by atoms with Gasteiger partial charge >= 0.3 is 0 Å². The molecule has 2 heterocycles. The second-order valence-corrected chi connectivity index (χ2v) is 9.88. The Morgan fingerprint density at radius 3 is 2.29 bits per heavy atom. The lowest BCUT2D eigenvalue weighted by atomic mass is 9.91. The number of hydrogen-bond donors (Lipinski definition) is 2. The fourth-order valence-corrected chi connectivity index (χ4v) is 4.88. The zero-order chi connectivity index (χ0) is 27.0. The average molecular weight is 556 g/mol. The van der Waals surface area contributed by atoms with Crippen LogP contribution in [0, 0.1) is 0 Å². The summed E-state index contributed by atoms with van der Waals surface area (Å²) in [5.41, 5.74) is 2.57. The molecule has 38 heavy (non-hydrogen) atoms. The van der Waals surface area contributed by atoms with Gasteiger partial charge in [0.05, 0.1) is 23.7 Å². The number of benzene rings is 3. The minimum absolute atomic E-state index is 0.0973. The molecule has 0 bridgehead atoms. The van der Waals surface area contributed by atoms with Gasteiger partial charge in [-0.2, -0.15) is 5.10 Å². The van der Waals surface area contributed by atoms with Crippen LogP contribution in [0.2, 0.25) is 10.0 Å². The molecule has 2 N–H and O–H groups in total. The number of aromatic amines is 1. The SMILES string of the molecule is O=C(CC(F)(F)CO)N1N=C(c2c(-c3ccc(Cl)cc3)c3ccccc3[nH]c2=O)CC1c1ccc(Cl)cc1. The monoisotopic (exact) mass is 555 g/mol. The number of pyridine rings is 1. The Hall–Kier alpha value is -3.59. The molecule has 5 rings (SSSR count). The summed E-state index contributed by atoms with van der Waals surface area (Å²) in [7, 11) is 0. The summed E-state index contributed by atoms with van der Waals surface area (Å²) in [4.78, 5) is 29.4. The van der Waals surface area contributed by atoms with Crippen molar-refractivity contribution < 1.29 is 18.7 Å². The summed E-state index contributed by atoms with van der Waals surface area (Å²) in [6.07, 6.45) is -1.14. The molecule has 1 aliphatic rings. The number of carbonyl (C=O) groups excluding carboxylic acids is 1. The van der Waals surface area contributed by atoms with Crippen LogP contribution in [0.15, 0.2) is 82.7 Å². The number of nitrogens with one attached hydrogen (secondary N) is 1. The summed E-state index contributed by atoms with van der Waals surface area (Å²) in [5.74, 6) is -4.60. The number of amides is 1. The molecule has 0 spiro atoms. The van der Waals surface area contributed by atoms with E-state index in [1.165, 1.54) is 0 Å². The normalized spacial score (nSPS) is 15.7. The Kier molecular flexibility index (Phi) is 7.05. The van der Waals surface area contributed by atoms with E-state index in [9.17, 15) is 18.4 Å². The fraction of sp³-hybridized carbons (Fsp3) is 0.179. The molecular formula is C28H21Cl2F2N3O3. The maximum atomic E-state index is 14.0. The maximum Gasteiger partial charge on any atom is 0.279 e. The maximum absolute atomic E-state index is 14.0. The highest BCUT2D eigenvalue weighted by atomic mass is 35.5. The molecule has 0 saturated carbocycles. The van der Waals surface area contributed by atoms with E-state index >= 15 is 0 Å². The molecule has 10 heteroatoms. The van der Waals surface area contributed by atoms with Gasteiger partial charge in [0.2, 0.25) is 5.91 Å². The topological polar surface area (TPSA) is 85.8 Å². The highest BCUT2D eigenvalue weighted by Gasteiger charge is 2.40. The van der Waals surface area contributed by atoms with Crippen molar-refractivity contribution in [1.29, 1.82) is 0 Å². The number of halogens is 4. The van der Waals surface area contributed by atoms with Gasteiger partial charge in [-0.3, -0.25) is 9.59 Å². The van der Waals surface area contributed by atoms with Crippen molar-refractivity contribution in [2.75, 3.05) is 6.61 Å². The third kappa shape index (κ3) is 5.07. The van der Waals surface area contributed by atoms with E-state index in [0.29, 0.717) is 32.3 Å². The van der Waals surface area contributed by atoms with Crippen molar-refractivity contribution in [2.24, 2.45) is 5.10 Å². The van der Waals surface area contributed by atoms with Crippen LogP contribution in [-0.4, -0.2) is 39.2 Å². The average Bonchev–Trinajstić information content (AvgIpc) is 3.34. The number of nitrogens with zero attached hydrogens (tertiary/aromatic N) is 2. The molecule has 1 amide bonds. The number of aliphatic hydroxyl groups is 1. The molecule has 0 saturated heterocycles. The van der Waals surface area contributed by atoms with Crippen LogP contribution >= 0.6 is 23.2 Å². The first-order chi connectivity index (χ1) is 18.2. The fourth-order valence-electron chi connectivity index (χ4n) is 4.63. The van der Waals surface area contributed by atoms with Gasteiger partial charge in [-0.05, 0) is 41.5 Å². The number of alkyl halides is 2. The predicted molar refractivity (Wildman–Crippen MR) is 144 cm³/mol. The van der Waals surface area contributed by atoms with Crippen molar-refractivity contribution >= 4 is 45.7 Å². The second kappa shape index (κ2) is 10.3. The number of carbonyl (C=O) groups is 1. The van der Waals surface area contributed by atoms with E-state index in [-0.39, 0.29) is 17.7 Å². The first-order valence-corrected chi connectivity index (χ1v) is 12.5. The number of hydrazone groups is 1. The highest BCUT2D eigenvalue weighted by Crippen LogP contribution is 2.38. The number of fused-ring (bicyclic) bond motifs is 1. The van der Waals surface area contributed by atoms with Gasteiger partial charge in [0, 0.05) is 32.9 Å². The summed E-state index contributed by atoms with van der Waals surface area (Å²) >= 11 is 12.1. The van der Waals surface area contributed by atoms with E-state index in [0.717, 1.165) is 10.4 Å². The quantitative estimate of drug-likeness (QED) is 0.297. The predicted octanol–water partition coefficient (Wildman–Crippen LogP) is 6.20. The molecule has 0 radical (unpaired) electrons. The Bertz CT molecular complexity index is 1600. The first-order valence-electron chi connectivity index (χ1n) is 11.7. The number of aliphatic hydroxyl groups excluding tert-OH is 1. The molecule has 1 unspecified atom stereocenters. The van der Waals surface area contributed by atoms with Gasteiger partial charge < -0.3 is 10.1 Å². The van der Waals surface area contributed by atoms with Crippen molar-refractivity contribution in [1.82, 2.24) is 9.99 Å². The molecule has 0 aliphatic carbocycles. The van der Waals surface area contributed by atoms with E-state index < -0.39 is 36.5 Å². The van der Waals surface area contributed by atoms with Gasteiger partial charge in [-0.15, -0.1) is 0 Å². The number of hydrogen-bond acceptors (Lipinski definition) is 4. The Labute approximate surface area is 226 Å². The van der Waals surface area contributed by atoms with Crippen LogP contribution in [0.5, 0.6) is 0 Å². The van der Waals surface area contributed by atoms with Crippen molar-refractivity contribution in [3.05, 3.63) is 104 Å². The Morgan fingerprint density at radius 2 is 1.63 bits per heavy atom. The number of rotatable bonds is 6. The molecule has 194 valence electrons. The Balaban J connectivity index is 1.69. The molecule has 1 aromatic heterocycles. The van der Waals surface area contributed by atoms with Gasteiger partial charge in [0.1, 0.15) is 6.61 Å². The lowest BCUT2D eigenvalue weighted by Gasteiger charge is -2.24. The van der Waals surface area contributed by atoms with E-state index in [1.54, 1.807) is 60.7 Å². The van der Waals surface area contributed by atoms with Gasteiger partial charge in [-0.1, -0.05) is 65.7 Å². The summed E-state index contributed by atoms with van der Waals surface area (Å²) in [5, 5.41) is 16.2. The minimum atomic E-state index is -3.62. The zero-order valence-electron chi connectivity index (χ0n) is 19.8. The molecule has 1 aliphatic heterocycles. The smallest absolute Gasteiger partial charge is 0.279 e. The zero-order valence-corrected chi connectivity index (χ0v) is 21.3. The largest absolute Gasteiger partial charge is 0.390 e. The molecule has 0 fully saturated rings. The lowest BCUT2D eigenvalue weighted by molar-refractivity contribution is -0.143. The van der Waals surface area contributed by atoms with Crippen LogP contribution in [0.4, 0.5) is 8.78 Å². The van der Waals surface area contributed by atoms with Crippen molar-refractivity contribution in [2.45, 2.75) is 24.8 Å². The van der Waals surface area contributed by atoms with Crippen LogP contribution < -0.4 is 5.56 Å². The lowest BCUT2D eigenvalue weighted by Crippen LogP contribution is -2.34. The van der Waals surface area contributed by atoms with Gasteiger partial charge in [0.15, 0.2) is 0 Å². The standard InChI is InChI=1S/C28H21Cl2F2N3O3/c29-18-9-5-16(6-10-18)23-13-22(34-35(23)24(37)14-28(31,32)15-36)26-25(17-7-11-19(30)12-8-17)20-3-1-2-4-21(20)33-27(26)38/h1-12,23,36H,13-15H2,(H,33,38). The van der Waals surface area contributed by atoms with Crippen molar-refractivity contribution in [3.8, 4) is 11.1 Å². The van der Waals surface area contributed by atoms with Crippen LogP contribution in [0.25, 0.3) is 22.0 Å². The third-order valence-corrected chi connectivity index (χ3v) is 6.91. The summed E-state index contributed by atoms with van der Waals surface area (Å²) < 4.78 is 28.0. The summed E-state index contributed by atoms with van der Waals surface area (Å²) in [6.45, 7) is -1.47. The van der Waals surface area contributed by atoms with Gasteiger partial charge in [0.25, 0.3) is 11.5 Å². The molecule has 6 nitrogen and oxygen atoms in total. The minimum Gasteiger partial charge on any atom is -0.390 e. The summed E-state index contributed by atoms with van der Waals surface area (Å²) in [6, 6.07) is 20.1. The highest BCUT2D eigenvalue weighted by molar-refractivity contribution is 6.31. The Morgan fingerprint density at radius 1 is 1.00 bits per heavy atom. The van der Waals surface area contributed by atoms with Crippen molar-refractivity contribution in [3.63, 3.8) is 0 Å². The van der Waals surface area contributed by atoms with E-state index in [4.69, 9.17) is 28.3 Å². The molecule has 4 aromatic rings. The number of para-hydroxylation sites is 1. The molecule has 1 atom stereocenters. The number of H-pyrrole nitrogens is 1. The number of aromatic nitrogens is 1. The van der Waals surface area contributed by atoms with Crippen LogP contribution in [0.1, 0.15) is 30.0 Å². The second-order valence-electron chi connectivity index (χ2n) is 9.00. The first kappa shape index (κ1) is 26.0. The molecule has 3 aromatic carbocycles. The van der Waals surface area contributed by atoms with E-state index in [1.807, 2.05) is 12.1 Å². The third-order valence-electron chi connectivity index (χ3n) is 6.40. The van der Waals surface area contributed by atoms with Crippen LogP contribution in [-0.2, 0) is 4.79 Å².